The second-order valence-corrected chi connectivity index (χ2v) is 4.08. The minimum Gasteiger partial charge on any atom is -0.469 e. The number of hydrogen-bond acceptors (Lipinski definition) is 5. The Bertz CT molecular complexity index is 415. The molecule has 1 rings (SSSR count). The average Bonchev–Trinajstić information content (AvgIpc) is 2.38. The summed E-state index contributed by atoms with van der Waals surface area (Å²) in [5.74, 6) is -0.438. The highest BCUT2D eigenvalue weighted by atomic mass is 16.5. The van der Waals surface area contributed by atoms with E-state index in [0.29, 0.717) is 0 Å². The Labute approximate surface area is 106 Å². The lowest BCUT2D eigenvalue weighted by Gasteiger charge is -2.05. The van der Waals surface area contributed by atoms with Gasteiger partial charge in [0.25, 0.3) is 5.91 Å². The van der Waals surface area contributed by atoms with Gasteiger partial charge in [0.15, 0.2) is 5.69 Å². The van der Waals surface area contributed by atoms with E-state index in [1.807, 2.05) is 13.8 Å². The second kappa shape index (κ2) is 6.68. The van der Waals surface area contributed by atoms with Crippen LogP contribution in [-0.4, -0.2) is 35.7 Å². The Morgan fingerprint density at radius 2 is 2.06 bits per heavy atom. The molecule has 0 aliphatic heterocycles. The summed E-state index contributed by atoms with van der Waals surface area (Å²) in [4.78, 5) is 22.5. The van der Waals surface area contributed by atoms with Gasteiger partial charge in [-0.3, -0.25) is 9.59 Å². The zero-order valence-electron chi connectivity index (χ0n) is 10.8. The SMILES string of the molecule is COC(=O)CCNC(=O)c1ccc(C(C)C)nn1. The lowest BCUT2D eigenvalue weighted by molar-refractivity contribution is -0.140. The number of amides is 1. The van der Waals surface area contributed by atoms with Gasteiger partial charge in [-0.05, 0) is 18.1 Å². The fourth-order valence-corrected chi connectivity index (χ4v) is 1.24. The predicted octanol–water partition coefficient (Wildman–Crippen LogP) is 0.893. The Balaban J connectivity index is 2.49. The molecule has 0 atom stereocenters. The molecule has 1 aromatic heterocycles. The van der Waals surface area contributed by atoms with Crippen molar-refractivity contribution in [2.45, 2.75) is 26.2 Å². The minimum absolute atomic E-state index is 0.139. The fraction of sp³-hybridized carbons (Fsp3) is 0.500. The molecule has 0 unspecified atom stereocenters. The largest absolute Gasteiger partial charge is 0.469 e. The van der Waals surface area contributed by atoms with Crippen LogP contribution >= 0.6 is 0 Å². The molecular weight excluding hydrogens is 234 g/mol. The molecule has 6 nitrogen and oxygen atoms in total. The summed E-state index contributed by atoms with van der Waals surface area (Å²) in [5, 5.41) is 10.4. The number of nitrogens with one attached hydrogen (secondary N) is 1. The number of carbonyl (C=O) groups excluding carboxylic acids is 2. The number of ether oxygens (including phenoxy) is 1. The molecule has 0 fully saturated rings. The van der Waals surface area contributed by atoms with E-state index in [2.05, 4.69) is 20.3 Å². The fourth-order valence-electron chi connectivity index (χ4n) is 1.24. The molecular formula is C12H17N3O3. The van der Waals surface area contributed by atoms with Crippen LogP contribution in [0.3, 0.4) is 0 Å². The van der Waals surface area contributed by atoms with Crippen LogP contribution in [0.4, 0.5) is 0 Å². The number of nitrogens with zero attached hydrogens (tertiary/aromatic N) is 2. The third-order valence-electron chi connectivity index (χ3n) is 2.35. The van der Waals surface area contributed by atoms with Crippen LogP contribution in [0.1, 0.15) is 42.4 Å². The van der Waals surface area contributed by atoms with Crippen molar-refractivity contribution < 1.29 is 14.3 Å². The van der Waals surface area contributed by atoms with E-state index in [4.69, 9.17) is 0 Å². The molecule has 1 N–H and O–H groups in total. The molecule has 0 saturated carbocycles. The van der Waals surface area contributed by atoms with Gasteiger partial charge in [-0.2, -0.15) is 5.10 Å². The first kappa shape index (κ1) is 14.1. The lowest BCUT2D eigenvalue weighted by atomic mass is 10.1. The first-order chi connectivity index (χ1) is 8.54. The maximum Gasteiger partial charge on any atom is 0.307 e. The molecule has 0 bridgehead atoms. The van der Waals surface area contributed by atoms with Crippen molar-refractivity contribution in [3.63, 3.8) is 0 Å². The second-order valence-electron chi connectivity index (χ2n) is 4.08. The number of rotatable bonds is 5. The smallest absolute Gasteiger partial charge is 0.307 e. The number of methoxy groups -OCH3 is 1. The lowest BCUT2D eigenvalue weighted by Crippen LogP contribution is -2.27. The van der Waals surface area contributed by atoms with Crippen molar-refractivity contribution in [1.82, 2.24) is 15.5 Å². The van der Waals surface area contributed by atoms with Gasteiger partial charge in [-0.1, -0.05) is 13.8 Å². The molecule has 18 heavy (non-hydrogen) atoms. The van der Waals surface area contributed by atoms with Crippen molar-refractivity contribution in [3.05, 3.63) is 23.5 Å². The number of esters is 1. The normalized spacial score (nSPS) is 10.2. The van der Waals surface area contributed by atoms with E-state index in [0.717, 1.165) is 5.69 Å². The van der Waals surface area contributed by atoms with Crippen molar-refractivity contribution in [2.75, 3.05) is 13.7 Å². The zero-order chi connectivity index (χ0) is 13.5. The summed E-state index contributed by atoms with van der Waals surface area (Å²) in [7, 11) is 1.31. The molecule has 0 aliphatic carbocycles. The Morgan fingerprint density at radius 1 is 1.33 bits per heavy atom. The molecule has 0 aromatic carbocycles. The van der Waals surface area contributed by atoms with Crippen molar-refractivity contribution in [1.29, 1.82) is 0 Å². The zero-order valence-corrected chi connectivity index (χ0v) is 10.8. The number of hydrogen-bond donors (Lipinski definition) is 1. The van der Waals surface area contributed by atoms with Crippen LogP contribution in [0.15, 0.2) is 12.1 Å². The Kier molecular flexibility index (Phi) is 5.23. The molecule has 1 heterocycles. The molecule has 0 saturated heterocycles. The number of aromatic nitrogens is 2. The van der Waals surface area contributed by atoms with E-state index in [1.54, 1.807) is 12.1 Å². The Hall–Kier alpha value is -1.98. The van der Waals surface area contributed by atoms with E-state index in [9.17, 15) is 9.59 Å². The number of carbonyl (C=O) groups is 2. The van der Waals surface area contributed by atoms with Gasteiger partial charge in [0.2, 0.25) is 0 Å². The quantitative estimate of drug-likeness (QED) is 0.786. The molecule has 6 heteroatoms. The van der Waals surface area contributed by atoms with Gasteiger partial charge < -0.3 is 10.1 Å². The molecule has 1 amide bonds. The summed E-state index contributed by atoms with van der Waals surface area (Å²) in [6.45, 7) is 4.22. The van der Waals surface area contributed by atoms with Gasteiger partial charge in [0.05, 0.1) is 19.2 Å². The molecule has 0 aliphatic rings. The van der Waals surface area contributed by atoms with Crippen LogP contribution in [-0.2, 0) is 9.53 Å². The highest BCUT2D eigenvalue weighted by Crippen LogP contribution is 2.09. The van der Waals surface area contributed by atoms with E-state index >= 15 is 0 Å². The third kappa shape index (κ3) is 4.12. The van der Waals surface area contributed by atoms with Gasteiger partial charge in [-0.25, -0.2) is 0 Å². The maximum atomic E-state index is 11.6. The first-order valence-corrected chi connectivity index (χ1v) is 5.73. The monoisotopic (exact) mass is 251 g/mol. The van der Waals surface area contributed by atoms with E-state index in [1.165, 1.54) is 7.11 Å². The van der Waals surface area contributed by atoms with Gasteiger partial charge in [-0.15, -0.1) is 5.10 Å². The van der Waals surface area contributed by atoms with Crippen LogP contribution in [0, 0.1) is 0 Å². The van der Waals surface area contributed by atoms with Crippen LogP contribution in [0.25, 0.3) is 0 Å². The molecule has 0 spiro atoms. The summed E-state index contributed by atoms with van der Waals surface area (Å²) in [6.07, 6.45) is 0.139. The van der Waals surface area contributed by atoms with E-state index < -0.39 is 0 Å². The summed E-state index contributed by atoms with van der Waals surface area (Å²) >= 11 is 0. The van der Waals surface area contributed by atoms with Crippen LogP contribution < -0.4 is 5.32 Å². The minimum atomic E-state index is -0.364. The summed E-state index contributed by atoms with van der Waals surface area (Å²) in [5.41, 5.74) is 1.07. The van der Waals surface area contributed by atoms with Crippen molar-refractivity contribution >= 4 is 11.9 Å². The first-order valence-electron chi connectivity index (χ1n) is 5.73. The topological polar surface area (TPSA) is 81.2 Å². The molecule has 1 aromatic rings. The third-order valence-corrected chi connectivity index (χ3v) is 2.35. The van der Waals surface area contributed by atoms with Crippen LogP contribution in [0.5, 0.6) is 0 Å². The summed E-state index contributed by atoms with van der Waals surface area (Å²) < 4.78 is 4.46. The van der Waals surface area contributed by atoms with Gasteiger partial charge in [0, 0.05) is 6.54 Å². The van der Waals surface area contributed by atoms with Gasteiger partial charge >= 0.3 is 5.97 Å². The standard InChI is InChI=1S/C12H17N3O3/c1-8(2)9-4-5-10(15-14-9)12(17)13-7-6-11(16)18-3/h4-5,8H,6-7H2,1-3H3,(H,13,17). The van der Waals surface area contributed by atoms with Crippen molar-refractivity contribution in [2.24, 2.45) is 0 Å². The summed E-state index contributed by atoms with van der Waals surface area (Å²) in [6, 6.07) is 3.39. The Morgan fingerprint density at radius 3 is 2.56 bits per heavy atom. The highest BCUT2D eigenvalue weighted by molar-refractivity contribution is 5.92. The van der Waals surface area contributed by atoms with Gasteiger partial charge in [0.1, 0.15) is 0 Å². The maximum absolute atomic E-state index is 11.6. The molecule has 0 radical (unpaired) electrons. The highest BCUT2D eigenvalue weighted by Gasteiger charge is 2.09. The van der Waals surface area contributed by atoms with E-state index in [-0.39, 0.29) is 36.5 Å². The van der Waals surface area contributed by atoms with Crippen molar-refractivity contribution in [3.8, 4) is 0 Å². The average molecular weight is 251 g/mol. The molecule has 98 valence electrons. The van der Waals surface area contributed by atoms with Crippen LogP contribution in [0.2, 0.25) is 0 Å². The predicted molar refractivity (Wildman–Crippen MR) is 65.1 cm³/mol.